The highest BCUT2D eigenvalue weighted by Crippen LogP contribution is 2.23. The van der Waals surface area contributed by atoms with Gasteiger partial charge in [0.1, 0.15) is 5.69 Å². The predicted molar refractivity (Wildman–Crippen MR) is 110 cm³/mol. The molecule has 4 rings (SSSR count). The van der Waals surface area contributed by atoms with Crippen molar-refractivity contribution in [2.75, 3.05) is 12.3 Å². The van der Waals surface area contributed by atoms with Crippen molar-refractivity contribution < 1.29 is 4.79 Å². The van der Waals surface area contributed by atoms with Crippen LogP contribution in [0.3, 0.4) is 0 Å². The van der Waals surface area contributed by atoms with E-state index in [-0.39, 0.29) is 5.91 Å². The van der Waals surface area contributed by atoms with Crippen LogP contribution >= 0.6 is 11.8 Å². The number of hydrogen-bond donors (Lipinski definition) is 1. The van der Waals surface area contributed by atoms with Crippen LogP contribution in [0, 0.1) is 6.92 Å². The number of aryl methyl sites for hydroxylation is 1. The molecular formula is C21H20N4OS. The molecule has 0 unspecified atom stereocenters. The minimum absolute atomic E-state index is 0.168. The van der Waals surface area contributed by atoms with Gasteiger partial charge in [-0.05, 0) is 12.5 Å². The largest absolute Gasteiger partial charge is 0.301 e. The Labute approximate surface area is 162 Å². The summed E-state index contributed by atoms with van der Waals surface area (Å²) in [7, 11) is 0. The number of aromatic nitrogens is 2. The highest BCUT2D eigenvalue weighted by Gasteiger charge is 2.20. The fourth-order valence-electron chi connectivity index (χ4n) is 2.94. The first-order chi connectivity index (χ1) is 13.2. The lowest BCUT2D eigenvalue weighted by atomic mass is 10.1. The fraction of sp³-hybridized carbons (Fsp3) is 0.190. The number of carbonyl (C=O) groups excluding carboxylic acids is 1. The maximum Gasteiger partial charge on any atom is 0.261 e. The first-order valence-electron chi connectivity index (χ1n) is 8.86. The second kappa shape index (κ2) is 7.80. The topological polar surface area (TPSA) is 59.3 Å². The normalized spacial score (nSPS) is 13.4. The first kappa shape index (κ1) is 17.5. The number of rotatable bonds is 4. The lowest BCUT2D eigenvalue weighted by Crippen LogP contribution is -2.27. The molecule has 1 amide bonds. The lowest BCUT2D eigenvalue weighted by molar-refractivity contribution is 0.0978. The highest BCUT2D eigenvalue weighted by atomic mass is 32.2. The smallest absolute Gasteiger partial charge is 0.261 e. The molecule has 3 aromatic rings. The number of thioether (sulfide) groups is 1. The molecule has 2 heterocycles. The van der Waals surface area contributed by atoms with Gasteiger partial charge in [0.2, 0.25) is 0 Å². The van der Waals surface area contributed by atoms with Gasteiger partial charge in [-0.1, -0.05) is 71.9 Å². The van der Waals surface area contributed by atoms with Gasteiger partial charge in [0.25, 0.3) is 5.91 Å². The van der Waals surface area contributed by atoms with Crippen LogP contribution in [0.1, 0.15) is 21.5 Å². The molecule has 136 valence electrons. The van der Waals surface area contributed by atoms with Gasteiger partial charge in [0.15, 0.2) is 5.17 Å². The van der Waals surface area contributed by atoms with Gasteiger partial charge in [-0.15, -0.1) is 0 Å². The zero-order valence-corrected chi connectivity index (χ0v) is 15.9. The van der Waals surface area contributed by atoms with Crippen molar-refractivity contribution >= 4 is 22.8 Å². The summed E-state index contributed by atoms with van der Waals surface area (Å²) in [5.41, 5.74) is 4.49. The molecule has 0 saturated heterocycles. The first-order valence-corrected chi connectivity index (χ1v) is 9.84. The number of benzene rings is 2. The predicted octanol–water partition coefficient (Wildman–Crippen LogP) is 3.74. The molecule has 1 N–H and O–H groups in total. The molecule has 0 fully saturated rings. The van der Waals surface area contributed by atoms with Crippen LogP contribution in [-0.4, -0.2) is 33.2 Å². The quantitative estimate of drug-likeness (QED) is 0.755. The highest BCUT2D eigenvalue weighted by molar-refractivity contribution is 8.14. The average Bonchev–Trinajstić information content (AvgIpc) is 3.33. The summed E-state index contributed by atoms with van der Waals surface area (Å²) in [6.45, 7) is 3.40. The number of nitrogens with zero attached hydrogens (tertiary/aromatic N) is 3. The van der Waals surface area contributed by atoms with Crippen LogP contribution in [0.4, 0.5) is 0 Å². The maximum atomic E-state index is 12.9. The van der Waals surface area contributed by atoms with Gasteiger partial charge >= 0.3 is 0 Å². The third-order valence-electron chi connectivity index (χ3n) is 4.32. The molecule has 0 saturated carbocycles. The van der Waals surface area contributed by atoms with Crippen molar-refractivity contribution in [3.63, 3.8) is 0 Å². The Bertz CT molecular complexity index is 977. The molecule has 5 nitrogen and oxygen atoms in total. The van der Waals surface area contributed by atoms with E-state index < -0.39 is 0 Å². The van der Waals surface area contributed by atoms with Gasteiger partial charge in [-0.2, -0.15) is 5.10 Å². The van der Waals surface area contributed by atoms with Crippen LogP contribution < -0.4 is 5.32 Å². The molecule has 0 atom stereocenters. The molecule has 1 aliphatic heterocycles. The van der Waals surface area contributed by atoms with E-state index in [1.807, 2.05) is 60.3 Å². The van der Waals surface area contributed by atoms with E-state index in [0.29, 0.717) is 23.0 Å². The van der Waals surface area contributed by atoms with E-state index in [4.69, 9.17) is 5.10 Å². The zero-order valence-electron chi connectivity index (χ0n) is 15.1. The third kappa shape index (κ3) is 4.11. The van der Waals surface area contributed by atoms with E-state index in [1.165, 1.54) is 5.56 Å². The molecule has 1 aliphatic rings. The third-order valence-corrected chi connectivity index (χ3v) is 5.22. The number of amidine groups is 1. The van der Waals surface area contributed by atoms with Crippen molar-refractivity contribution in [2.45, 2.75) is 13.5 Å². The Balaban J connectivity index is 1.68. The summed E-state index contributed by atoms with van der Waals surface area (Å²) in [6, 6.07) is 18.2. The van der Waals surface area contributed by atoms with Crippen molar-refractivity contribution in [1.82, 2.24) is 15.1 Å². The lowest BCUT2D eigenvalue weighted by Gasteiger charge is -2.04. The zero-order chi connectivity index (χ0) is 18.6. The Hall–Kier alpha value is -2.86. The van der Waals surface area contributed by atoms with E-state index in [0.717, 1.165) is 23.4 Å². The van der Waals surface area contributed by atoms with Gasteiger partial charge in [-0.25, -0.2) is 0 Å². The molecule has 0 aliphatic carbocycles. The monoisotopic (exact) mass is 376 g/mol. The number of carbonyl (C=O) groups is 1. The van der Waals surface area contributed by atoms with Gasteiger partial charge in [0.05, 0.1) is 18.7 Å². The molecule has 0 spiro atoms. The van der Waals surface area contributed by atoms with Crippen LogP contribution in [0.25, 0.3) is 11.3 Å². The van der Waals surface area contributed by atoms with Crippen LogP contribution in [-0.2, 0) is 6.54 Å². The molecule has 1 aromatic heterocycles. The Kier molecular flexibility index (Phi) is 5.07. The Morgan fingerprint density at radius 3 is 2.63 bits per heavy atom. The molecule has 6 heteroatoms. The summed E-state index contributed by atoms with van der Waals surface area (Å²) >= 11 is 1.57. The fourth-order valence-corrected chi connectivity index (χ4v) is 3.66. The summed E-state index contributed by atoms with van der Waals surface area (Å²) in [5.74, 6) is 0.742. The standard InChI is InChI=1S/C21H20N4OS/c1-15-7-9-17(10-8-15)19-18(20(26)23-21-22-11-12-27-21)14-25(24-19)13-16-5-3-2-4-6-16/h2-10,14H,11-13H2,1H3,(H,22,23,26). The van der Waals surface area contributed by atoms with Crippen LogP contribution in [0.15, 0.2) is 65.8 Å². The Morgan fingerprint density at radius 1 is 1.15 bits per heavy atom. The summed E-state index contributed by atoms with van der Waals surface area (Å²) in [6.07, 6.45) is 1.82. The SMILES string of the molecule is Cc1ccc(-c2nn(Cc3ccccc3)cc2C(=O)NC2=NCCS2)cc1. The van der Waals surface area contributed by atoms with Crippen molar-refractivity contribution in [3.8, 4) is 11.3 Å². The van der Waals surface area contributed by atoms with Crippen molar-refractivity contribution in [2.24, 2.45) is 4.99 Å². The minimum Gasteiger partial charge on any atom is -0.301 e. The summed E-state index contributed by atoms with van der Waals surface area (Å²) in [4.78, 5) is 17.2. The van der Waals surface area contributed by atoms with Crippen LogP contribution in [0.5, 0.6) is 0 Å². The molecule has 2 aromatic carbocycles. The number of amides is 1. The van der Waals surface area contributed by atoms with Gasteiger partial charge < -0.3 is 5.32 Å². The summed E-state index contributed by atoms with van der Waals surface area (Å²) in [5, 5.41) is 8.31. The van der Waals surface area contributed by atoms with Crippen molar-refractivity contribution in [3.05, 3.63) is 77.5 Å². The second-order valence-electron chi connectivity index (χ2n) is 6.43. The molecule has 27 heavy (non-hydrogen) atoms. The second-order valence-corrected chi connectivity index (χ2v) is 7.51. The van der Waals surface area contributed by atoms with Crippen LogP contribution in [0.2, 0.25) is 0 Å². The van der Waals surface area contributed by atoms with E-state index in [2.05, 4.69) is 22.4 Å². The number of nitrogens with one attached hydrogen (secondary N) is 1. The van der Waals surface area contributed by atoms with Gasteiger partial charge in [0, 0.05) is 17.5 Å². The van der Waals surface area contributed by atoms with Crippen molar-refractivity contribution in [1.29, 1.82) is 0 Å². The maximum absolute atomic E-state index is 12.9. The minimum atomic E-state index is -0.168. The Morgan fingerprint density at radius 2 is 1.93 bits per heavy atom. The number of aliphatic imine (C=N–C) groups is 1. The molecule has 0 bridgehead atoms. The summed E-state index contributed by atoms with van der Waals surface area (Å²) < 4.78 is 1.82. The average molecular weight is 376 g/mol. The molecular weight excluding hydrogens is 356 g/mol. The van der Waals surface area contributed by atoms with Gasteiger partial charge in [-0.3, -0.25) is 14.5 Å². The van der Waals surface area contributed by atoms with E-state index >= 15 is 0 Å². The van der Waals surface area contributed by atoms with E-state index in [9.17, 15) is 4.79 Å². The number of hydrogen-bond acceptors (Lipinski definition) is 4. The van der Waals surface area contributed by atoms with E-state index in [1.54, 1.807) is 11.8 Å². The molecule has 0 radical (unpaired) electrons.